The van der Waals surface area contributed by atoms with Gasteiger partial charge >= 0.3 is 12.4 Å². The quantitative estimate of drug-likeness (QED) is 0.417. The van der Waals surface area contributed by atoms with Crippen LogP contribution in [0.1, 0.15) is 57.7 Å². The second kappa shape index (κ2) is 16.5. The van der Waals surface area contributed by atoms with Crippen LogP contribution >= 0.6 is 0 Å². The van der Waals surface area contributed by atoms with Crippen molar-refractivity contribution in [3.63, 3.8) is 0 Å². The molecule has 2 aromatic carbocycles. The molecule has 3 rings (SSSR count). The van der Waals surface area contributed by atoms with Gasteiger partial charge in [-0.1, -0.05) is 69.7 Å². The van der Waals surface area contributed by atoms with Crippen LogP contribution in [0.3, 0.4) is 0 Å². The van der Waals surface area contributed by atoms with E-state index in [1.807, 2.05) is 58.9 Å². The van der Waals surface area contributed by atoms with E-state index in [-0.39, 0.29) is 45.0 Å². The van der Waals surface area contributed by atoms with Crippen molar-refractivity contribution in [2.45, 2.75) is 60.9 Å². The highest BCUT2D eigenvalue weighted by Gasteiger charge is 2.33. The Balaban J connectivity index is 0.00000191. The van der Waals surface area contributed by atoms with Crippen LogP contribution in [0.2, 0.25) is 0 Å². The van der Waals surface area contributed by atoms with E-state index in [1.165, 1.54) is 23.1 Å². The SMILES string of the molecule is C/C1=C(\c2cccc(OC(F)(F)F)c2)N(Cc2ccc(C)cc2)CC(=O)N(CCCO)C(=O)N(C)C1.CC.CC. The van der Waals surface area contributed by atoms with Crippen molar-refractivity contribution < 1.29 is 32.6 Å². The third kappa shape index (κ3) is 10.2. The summed E-state index contributed by atoms with van der Waals surface area (Å²) in [5.74, 6) is -0.849. The molecule has 0 spiro atoms. The zero-order chi connectivity index (χ0) is 30.5. The molecule has 2 aromatic rings. The van der Waals surface area contributed by atoms with E-state index in [0.717, 1.165) is 16.0 Å². The smallest absolute Gasteiger partial charge is 0.406 e. The summed E-state index contributed by atoms with van der Waals surface area (Å²) < 4.78 is 42.8. The highest BCUT2D eigenvalue weighted by molar-refractivity contribution is 5.96. The number of hydrogen-bond donors (Lipinski definition) is 1. The number of carbonyl (C=O) groups is 2. The molecule has 0 fully saturated rings. The lowest BCUT2D eigenvalue weighted by atomic mass is 10.0. The number of halogens is 3. The second-order valence-corrected chi connectivity index (χ2v) is 8.81. The van der Waals surface area contributed by atoms with Gasteiger partial charge in [0.2, 0.25) is 5.91 Å². The van der Waals surface area contributed by atoms with Gasteiger partial charge < -0.3 is 19.6 Å². The Labute approximate surface area is 235 Å². The first kappa shape index (κ1) is 34.5. The highest BCUT2D eigenvalue weighted by atomic mass is 19.4. The van der Waals surface area contributed by atoms with E-state index in [4.69, 9.17) is 0 Å². The number of amides is 3. The Kier molecular flexibility index (Phi) is 14.3. The summed E-state index contributed by atoms with van der Waals surface area (Å²) in [7, 11) is 1.56. The Morgan fingerprint density at radius 1 is 0.950 bits per heavy atom. The molecule has 10 heteroatoms. The Morgan fingerprint density at radius 2 is 1.57 bits per heavy atom. The van der Waals surface area contributed by atoms with Gasteiger partial charge in [0.1, 0.15) is 5.75 Å². The number of aryl methyl sites for hydroxylation is 1. The molecule has 1 N–H and O–H groups in total. The van der Waals surface area contributed by atoms with Crippen molar-refractivity contribution in [3.8, 4) is 5.75 Å². The van der Waals surface area contributed by atoms with E-state index < -0.39 is 18.3 Å². The number of nitrogens with zero attached hydrogens (tertiary/aromatic N) is 3. The molecular weight excluding hydrogens is 523 g/mol. The average Bonchev–Trinajstić information content (AvgIpc) is 2.94. The maximum Gasteiger partial charge on any atom is 0.573 e. The predicted molar refractivity (Wildman–Crippen MR) is 151 cm³/mol. The van der Waals surface area contributed by atoms with E-state index in [2.05, 4.69) is 4.74 Å². The van der Waals surface area contributed by atoms with Gasteiger partial charge in [-0.3, -0.25) is 9.69 Å². The number of alkyl halides is 3. The number of urea groups is 1. The molecule has 0 bridgehead atoms. The monoisotopic (exact) mass is 565 g/mol. The minimum Gasteiger partial charge on any atom is -0.406 e. The van der Waals surface area contributed by atoms with Crippen molar-refractivity contribution >= 4 is 17.6 Å². The van der Waals surface area contributed by atoms with Crippen LogP contribution in [0.5, 0.6) is 5.75 Å². The largest absolute Gasteiger partial charge is 0.573 e. The number of rotatable bonds is 7. The van der Waals surface area contributed by atoms with E-state index in [1.54, 1.807) is 24.9 Å². The first-order chi connectivity index (χ1) is 19.0. The zero-order valence-corrected chi connectivity index (χ0v) is 24.5. The Hall–Kier alpha value is -3.53. The summed E-state index contributed by atoms with van der Waals surface area (Å²) in [4.78, 5) is 30.6. The minimum atomic E-state index is -4.85. The number of imide groups is 1. The fourth-order valence-corrected chi connectivity index (χ4v) is 4.18. The fourth-order valence-electron chi connectivity index (χ4n) is 4.18. The molecule has 7 nitrogen and oxygen atoms in total. The summed E-state index contributed by atoms with van der Waals surface area (Å²) >= 11 is 0. The summed E-state index contributed by atoms with van der Waals surface area (Å²) in [6.07, 6.45) is -4.61. The number of likely N-dealkylation sites (N-methyl/N-ethyl adjacent to an activating group) is 1. The van der Waals surface area contributed by atoms with Gasteiger partial charge in [-0.2, -0.15) is 0 Å². The van der Waals surface area contributed by atoms with Crippen LogP contribution < -0.4 is 4.74 Å². The van der Waals surface area contributed by atoms with E-state index in [9.17, 15) is 27.9 Å². The lowest BCUT2D eigenvalue weighted by Gasteiger charge is -2.30. The van der Waals surface area contributed by atoms with Crippen molar-refractivity contribution in [3.05, 3.63) is 70.8 Å². The lowest BCUT2D eigenvalue weighted by molar-refractivity contribution is -0.274. The van der Waals surface area contributed by atoms with Gasteiger partial charge in [-0.25, -0.2) is 4.79 Å². The van der Waals surface area contributed by atoms with Crippen LogP contribution in [0.25, 0.3) is 5.70 Å². The molecule has 0 aliphatic carbocycles. The molecule has 0 saturated heterocycles. The number of ether oxygens (including phenoxy) is 1. The zero-order valence-electron chi connectivity index (χ0n) is 24.5. The molecule has 1 aliphatic rings. The molecule has 1 heterocycles. The molecular formula is C30H42F3N3O4. The summed E-state index contributed by atoms with van der Waals surface area (Å²) in [6.45, 7) is 11.9. The first-order valence-corrected chi connectivity index (χ1v) is 13.5. The summed E-state index contributed by atoms with van der Waals surface area (Å²) in [5.41, 5.74) is 3.62. The third-order valence-corrected chi connectivity index (χ3v) is 5.75. The van der Waals surface area contributed by atoms with Crippen molar-refractivity contribution in [1.29, 1.82) is 0 Å². The standard InChI is InChI=1S/C26H30F3N3O4.2C2H6/c1-18-8-10-20(11-9-18)16-31-17-23(34)32(12-5-13-33)25(35)30(3)15-19(2)24(31)21-6-4-7-22(14-21)36-26(27,28)29;2*1-2/h4,6-11,14,33H,5,12-13,15-17H2,1-3H3;2*1-2H3/b24-19-;;. The van der Waals surface area contributed by atoms with Gasteiger partial charge in [0.25, 0.3) is 0 Å². The number of hydrogen-bond acceptors (Lipinski definition) is 5. The Bertz CT molecular complexity index is 1120. The molecule has 40 heavy (non-hydrogen) atoms. The van der Waals surface area contributed by atoms with Crippen LogP contribution in [0.4, 0.5) is 18.0 Å². The van der Waals surface area contributed by atoms with E-state index >= 15 is 0 Å². The maximum atomic E-state index is 13.3. The molecule has 0 unspecified atom stereocenters. The van der Waals surface area contributed by atoms with Gasteiger partial charge in [0, 0.05) is 44.5 Å². The number of carbonyl (C=O) groups excluding carboxylic acids is 2. The molecule has 1 aliphatic heterocycles. The predicted octanol–water partition coefficient (Wildman–Crippen LogP) is 6.46. The molecule has 0 aromatic heterocycles. The van der Waals surface area contributed by atoms with Gasteiger partial charge in [0.15, 0.2) is 0 Å². The van der Waals surface area contributed by atoms with Gasteiger partial charge in [0.05, 0.1) is 6.54 Å². The van der Waals surface area contributed by atoms with Crippen LogP contribution in [0.15, 0.2) is 54.1 Å². The minimum absolute atomic E-state index is 0.0557. The van der Waals surface area contributed by atoms with Crippen LogP contribution in [0, 0.1) is 6.92 Å². The molecule has 222 valence electrons. The third-order valence-electron chi connectivity index (χ3n) is 5.75. The maximum absolute atomic E-state index is 13.3. The van der Waals surface area contributed by atoms with Crippen LogP contribution in [-0.2, 0) is 11.3 Å². The van der Waals surface area contributed by atoms with Gasteiger partial charge in [-0.15, -0.1) is 13.2 Å². The van der Waals surface area contributed by atoms with Gasteiger partial charge in [-0.05, 0) is 43.5 Å². The fraction of sp³-hybridized carbons (Fsp3) is 0.467. The second-order valence-electron chi connectivity index (χ2n) is 8.81. The number of benzene rings is 2. The van der Waals surface area contributed by atoms with Crippen molar-refractivity contribution in [1.82, 2.24) is 14.7 Å². The first-order valence-electron chi connectivity index (χ1n) is 13.5. The van der Waals surface area contributed by atoms with Crippen molar-refractivity contribution in [2.24, 2.45) is 0 Å². The topological polar surface area (TPSA) is 73.3 Å². The molecule has 3 amide bonds. The highest BCUT2D eigenvalue weighted by Crippen LogP contribution is 2.31. The molecule has 0 radical (unpaired) electrons. The summed E-state index contributed by atoms with van der Waals surface area (Å²) in [6, 6.07) is 12.8. The average molecular weight is 566 g/mol. The molecule has 0 saturated carbocycles. The van der Waals surface area contributed by atoms with Crippen LogP contribution in [-0.4, -0.2) is 71.4 Å². The molecule has 0 atom stereocenters. The normalized spacial score (nSPS) is 16.2. The number of aliphatic hydroxyl groups is 1. The Morgan fingerprint density at radius 3 is 2.15 bits per heavy atom. The number of aliphatic hydroxyl groups excluding tert-OH is 1. The summed E-state index contributed by atoms with van der Waals surface area (Å²) in [5, 5.41) is 9.25. The lowest BCUT2D eigenvalue weighted by Crippen LogP contribution is -2.47. The van der Waals surface area contributed by atoms with E-state index in [0.29, 0.717) is 16.8 Å². The van der Waals surface area contributed by atoms with Crippen molar-refractivity contribution in [2.75, 3.05) is 33.3 Å².